The van der Waals surface area contributed by atoms with Crippen LogP contribution in [0.2, 0.25) is 0 Å². The standard InChI is InChI=1S/C19H15N5/c1-3-15-12-18(24(23-15)19-6-4-5-13(2)22-19)14-7-8-16-17(11-14)21-10-9-20-16/h3-12H,1H2,2H3. The van der Waals surface area contributed by atoms with Crippen molar-refractivity contribution in [3.05, 3.63) is 72.8 Å². The second-order valence-electron chi connectivity index (χ2n) is 5.47. The SMILES string of the molecule is C=Cc1cc(-c2ccc3nccnc3c2)n(-c2cccc(C)n2)n1. The van der Waals surface area contributed by atoms with Crippen molar-refractivity contribution in [2.75, 3.05) is 0 Å². The molecule has 0 aliphatic carbocycles. The number of hydrogen-bond donors (Lipinski definition) is 0. The van der Waals surface area contributed by atoms with Crippen molar-refractivity contribution in [2.45, 2.75) is 6.92 Å². The maximum atomic E-state index is 4.60. The number of aromatic nitrogens is 5. The first-order chi connectivity index (χ1) is 11.7. The first-order valence-corrected chi connectivity index (χ1v) is 7.62. The van der Waals surface area contributed by atoms with E-state index in [1.54, 1.807) is 18.5 Å². The van der Waals surface area contributed by atoms with Gasteiger partial charge in [-0.3, -0.25) is 9.97 Å². The third kappa shape index (κ3) is 2.46. The number of fused-ring (bicyclic) bond motifs is 1. The predicted octanol–water partition coefficient (Wildman–Crippen LogP) is 3.83. The Balaban J connectivity index is 1.93. The lowest BCUT2D eigenvalue weighted by Gasteiger charge is -2.08. The van der Waals surface area contributed by atoms with E-state index in [1.165, 1.54) is 0 Å². The number of pyridine rings is 1. The Labute approximate surface area is 139 Å². The molecule has 4 aromatic rings. The first-order valence-electron chi connectivity index (χ1n) is 7.62. The van der Waals surface area contributed by atoms with Crippen molar-refractivity contribution in [1.29, 1.82) is 0 Å². The van der Waals surface area contributed by atoms with E-state index in [2.05, 4.69) is 26.6 Å². The van der Waals surface area contributed by atoms with Crippen LogP contribution in [-0.4, -0.2) is 24.7 Å². The van der Waals surface area contributed by atoms with Crippen LogP contribution < -0.4 is 0 Å². The van der Waals surface area contributed by atoms with E-state index >= 15 is 0 Å². The molecule has 0 saturated carbocycles. The molecule has 0 N–H and O–H groups in total. The van der Waals surface area contributed by atoms with Crippen molar-refractivity contribution in [1.82, 2.24) is 24.7 Å². The molecule has 0 aliphatic rings. The molecule has 3 aromatic heterocycles. The van der Waals surface area contributed by atoms with Gasteiger partial charge in [-0.1, -0.05) is 18.7 Å². The van der Waals surface area contributed by atoms with Crippen LogP contribution in [0.1, 0.15) is 11.4 Å². The lowest BCUT2D eigenvalue weighted by molar-refractivity contribution is 0.844. The van der Waals surface area contributed by atoms with Gasteiger partial charge in [0.1, 0.15) is 0 Å². The highest BCUT2D eigenvalue weighted by Gasteiger charge is 2.12. The molecule has 1 aromatic carbocycles. The van der Waals surface area contributed by atoms with Crippen molar-refractivity contribution >= 4 is 17.1 Å². The minimum Gasteiger partial charge on any atom is -0.253 e. The van der Waals surface area contributed by atoms with Crippen LogP contribution >= 0.6 is 0 Å². The molecule has 0 saturated heterocycles. The van der Waals surface area contributed by atoms with Gasteiger partial charge in [0.15, 0.2) is 5.82 Å². The molecule has 0 radical (unpaired) electrons. The third-order valence-electron chi connectivity index (χ3n) is 3.79. The van der Waals surface area contributed by atoms with Gasteiger partial charge < -0.3 is 0 Å². The Morgan fingerprint density at radius 1 is 1.00 bits per heavy atom. The average molecular weight is 313 g/mol. The summed E-state index contributed by atoms with van der Waals surface area (Å²) in [5.41, 5.74) is 5.40. The fourth-order valence-electron chi connectivity index (χ4n) is 2.65. The van der Waals surface area contributed by atoms with Crippen LogP contribution in [0, 0.1) is 6.92 Å². The minimum atomic E-state index is 0.775. The molecule has 116 valence electrons. The molecule has 0 spiro atoms. The summed E-state index contributed by atoms with van der Waals surface area (Å²) in [7, 11) is 0. The van der Waals surface area contributed by atoms with E-state index in [9.17, 15) is 0 Å². The van der Waals surface area contributed by atoms with Gasteiger partial charge in [0.05, 0.1) is 22.4 Å². The summed E-state index contributed by atoms with van der Waals surface area (Å²) in [6.07, 6.45) is 5.12. The van der Waals surface area contributed by atoms with Gasteiger partial charge in [0.25, 0.3) is 0 Å². The summed E-state index contributed by atoms with van der Waals surface area (Å²) in [5, 5.41) is 4.60. The van der Waals surface area contributed by atoms with Crippen LogP contribution in [0.5, 0.6) is 0 Å². The van der Waals surface area contributed by atoms with Crippen LogP contribution in [0.25, 0.3) is 34.2 Å². The topological polar surface area (TPSA) is 56.5 Å². The van der Waals surface area contributed by atoms with Crippen molar-refractivity contribution < 1.29 is 0 Å². The number of hydrogen-bond acceptors (Lipinski definition) is 4. The summed E-state index contributed by atoms with van der Waals surface area (Å²) in [4.78, 5) is 13.3. The fraction of sp³-hybridized carbons (Fsp3) is 0.0526. The fourth-order valence-corrected chi connectivity index (χ4v) is 2.65. The number of aryl methyl sites for hydroxylation is 1. The Bertz CT molecular complexity index is 1050. The van der Waals surface area contributed by atoms with Gasteiger partial charge in [-0.2, -0.15) is 5.10 Å². The molecule has 0 fully saturated rings. The number of rotatable bonds is 3. The molecule has 5 heteroatoms. The zero-order valence-corrected chi connectivity index (χ0v) is 13.2. The highest BCUT2D eigenvalue weighted by Crippen LogP contribution is 2.26. The summed E-state index contributed by atoms with van der Waals surface area (Å²) >= 11 is 0. The molecular weight excluding hydrogens is 298 g/mol. The summed E-state index contributed by atoms with van der Waals surface area (Å²) in [6, 6.07) is 13.9. The third-order valence-corrected chi connectivity index (χ3v) is 3.79. The van der Waals surface area contributed by atoms with Crippen LogP contribution in [0.3, 0.4) is 0 Å². The smallest absolute Gasteiger partial charge is 0.154 e. The molecular formula is C19H15N5. The summed E-state index contributed by atoms with van der Waals surface area (Å²) < 4.78 is 1.83. The molecule has 0 unspecified atom stereocenters. The molecule has 0 atom stereocenters. The van der Waals surface area contributed by atoms with Gasteiger partial charge in [0, 0.05) is 23.7 Å². The van der Waals surface area contributed by atoms with E-state index < -0.39 is 0 Å². The van der Waals surface area contributed by atoms with Gasteiger partial charge in [0.2, 0.25) is 0 Å². The van der Waals surface area contributed by atoms with Crippen LogP contribution in [-0.2, 0) is 0 Å². The number of benzene rings is 1. The van der Waals surface area contributed by atoms with E-state index in [1.807, 2.05) is 54.1 Å². The zero-order valence-electron chi connectivity index (χ0n) is 13.2. The quantitative estimate of drug-likeness (QED) is 0.577. The maximum Gasteiger partial charge on any atom is 0.154 e. The Kier molecular flexibility index (Phi) is 3.39. The highest BCUT2D eigenvalue weighted by molar-refractivity contribution is 5.81. The Morgan fingerprint density at radius 3 is 2.62 bits per heavy atom. The predicted molar refractivity (Wildman–Crippen MR) is 94.7 cm³/mol. The molecule has 0 bridgehead atoms. The normalized spacial score (nSPS) is 10.9. The van der Waals surface area contributed by atoms with Gasteiger partial charge in [-0.05, 0) is 43.3 Å². The monoisotopic (exact) mass is 313 g/mol. The number of nitrogens with zero attached hydrogens (tertiary/aromatic N) is 5. The van der Waals surface area contributed by atoms with Crippen LogP contribution in [0.4, 0.5) is 0 Å². The molecule has 3 heterocycles. The van der Waals surface area contributed by atoms with Crippen molar-refractivity contribution in [2.24, 2.45) is 0 Å². The largest absolute Gasteiger partial charge is 0.253 e. The second kappa shape index (κ2) is 5.70. The zero-order chi connectivity index (χ0) is 16.5. The highest BCUT2D eigenvalue weighted by atomic mass is 15.3. The average Bonchev–Trinajstić information content (AvgIpc) is 3.06. The Hall–Kier alpha value is -3.34. The lowest BCUT2D eigenvalue weighted by Crippen LogP contribution is -2.02. The van der Waals surface area contributed by atoms with E-state index in [4.69, 9.17) is 0 Å². The molecule has 5 nitrogen and oxygen atoms in total. The van der Waals surface area contributed by atoms with E-state index in [0.29, 0.717) is 0 Å². The molecule has 24 heavy (non-hydrogen) atoms. The minimum absolute atomic E-state index is 0.775. The van der Waals surface area contributed by atoms with E-state index in [0.717, 1.165) is 39.5 Å². The van der Waals surface area contributed by atoms with Gasteiger partial charge in [-0.25, -0.2) is 9.67 Å². The lowest BCUT2D eigenvalue weighted by atomic mass is 10.1. The molecule has 0 amide bonds. The summed E-state index contributed by atoms with van der Waals surface area (Å²) in [5.74, 6) is 0.775. The Morgan fingerprint density at radius 2 is 1.83 bits per heavy atom. The van der Waals surface area contributed by atoms with Gasteiger partial charge in [-0.15, -0.1) is 0 Å². The van der Waals surface area contributed by atoms with Crippen LogP contribution in [0.15, 0.2) is 61.4 Å². The maximum absolute atomic E-state index is 4.60. The van der Waals surface area contributed by atoms with Gasteiger partial charge >= 0.3 is 0 Å². The first kappa shape index (κ1) is 14.3. The van der Waals surface area contributed by atoms with E-state index in [-0.39, 0.29) is 0 Å². The second-order valence-corrected chi connectivity index (χ2v) is 5.47. The molecule has 0 aliphatic heterocycles. The summed E-state index contributed by atoms with van der Waals surface area (Å²) in [6.45, 7) is 5.79. The molecule has 4 rings (SSSR count). The van der Waals surface area contributed by atoms with Crippen molar-refractivity contribution in [3.8, 4) is 17.1 Å². The van der Waals surface area contributed by atoms with Crippen molar-refractivity contribution in [3.63, 3.8) is 0 Å².